The van der Waals surface area contributed by atoms with E-state index >= 15 is 0 Å². The first kappa shape index (κ1) is 14.4. The second kappa shape index (κ2) is 4.84. The molecular weight excluding hydrogens is 288 g/mol. The number of nitrogens with one attached hydrogen (secondary N) is 1. The fraction of sp³-hybridized carbons (Fsp3) is 0.636. The van der Waals surface area contributed by atoms with Gasteiger partial charge in [-0.1, -0.05) is 13.8 Å². The molecule has 0 aromatic carbocycles. The highest BCUT2D eigenvalue weighted by atomic mass is 32.2. The van der Waals surface area contributed by atoms with Crippen LogP contribution in [0.15, 0.2) is 9.72 Å². The number of sulfonamides is 1. The Kier molecular flexibility index (Phi) is 3.67. The van der Waals surface area contributed by atoms with Crippen LogP contribution in [0, 0.1) is 11.3 Å². The van der Waals surface area contributed by atoms with Crippen LogP contribution in [0.5, 0.6) is 0 Å². The first-order valence-electron chi connectivity index (χ1n) is 5.79. The number of ether oxygens (including phenoxy) is 1. The van der Waals surface area contributed by atoms with Crippen molar-refractivity contribution in [2.45, 2.75) is 24.5 Å². The Bertz CT molecular complexity index is 592. The molecule has 1 aliphatic rings. The summed E-state index contributed by atoms with van der Waals surface area (Å²) in [6.45, 7) is 4.57. The Morgan fingerprint density at radius 2 is 2.26 bits per heavy atom. The van der Waals surface area contributed by atoms with E-state index in [1.54, 1.807) is 0 Å². The summed E-state index contributed by atoms with van der Waals surface area (Å²) in [5.74, 6) is -0.398. The van der Waals surface area contributed by atoms with Crippen LogP contribution in [0.4, 0.5) is 0 Å². The maximum atomic E-state index is 12.1. The van der Waals surface area contributed by atoms with Crippen LogP contribution in [0.3, 0.4) is 0 Å². The van der Waals surface area contributed by atoms with Gasteiger partial charge in [-0.05, 0) is 17.8 Å². The molecular formula is C11H16N2O4S2. The number of rotatable bonds is 5. The summed E-state index contributed by atoms with van der Waals surface area (Å²) in [6, 6.07) is 0. The van der Waals surface area contributed by atoms with E-state index < -0.39 is 16.0 Å². The highest BCUT2D eigenvalue weighted by molar-refractivity contribution is 7.91. The lowest BCUT2D eigenvalue weighted by molar-refractivity contribution is 0.0590. The van der Waals surface area contributed by atoms with E-state index in [0.29, 0.717) is 12.5 Å². The van der Waals surface area contributed by atoms with Gasteiger partial charge in [0.1, 0.15) is 0 Å². The molecule has 0 amide bonds. The summed E-state index contributed by atoms with van der Waals surface area (Å²) in [7, 11) is -2.51. The molecule has 1 aromatic rings. The molecule has 1 aromatic heterocycles. The van der Waals surface area contributed by atoms with Crippen molar-refractivity contribution < 1.29 is 17.9 Å². The Morgan fingerprint density at radius 3 is 2.79 bits per heavy atom. The van der Waals surface area contributed by atoms with Crippen LogP contribution in [0.1, 0.15) is 30.8 Å². The molecule has 19 heavy (non-hydrogen) atoms. The second-order valence-corrected chi connectivity index (χ2v) is 8.04. The molecule has 0 aliphatic heterocycles. The number of nitrogens with zero attached hydrogens (tertiary/aromatic N) is 1. The lowest BCUT2D eigenvalue weighted by atomic mass is 10.1. The molecule has 1 N–H and O–H groups in total. The first-order valence-corrected chi connectivity index (χ1v) is 8.15. The third kappa shape index (κ3) is 2.96. The maximum absolute atomic E-state index is 12.1. The number of carbonyl (C=O) groups excluding carboxylic acids is 1. The SMILES string of the molecule is COC(=O)c1ncsc1S(=O)(=O)NCC1CC1(C)C. The van der Waals surface area contributed by atoms with E-state index in [0.717, 1.165) is 17.8 Å². The number of hydrogen-bond acceptors (Lipinski definition) is 6. The van der Waals surface area contributed by atoms with E-state index in [-0.39, 0.29) is 15.3 Å². The Labute approximate surface area is 116 Å². The van der Waals surface area contributed by atoms with Gasteiger partial charge in [0, 0.05) is 6.54 Å². The molecule has 0 saturated heterocycles. The van der Waals surface area contributed by atoms with Crippen LogP contribution < -0.4 is 4.72 Å². The zero-order chi connectivity index (χ0) is 14.3. The quantitative estimate of drug-likeness (QED) is 0.828. The largest absolute Gasteiger partial charge is 0.464 e. The molecule has 2 rings (SSSR count). The maximum Gasteiger partial charge on any atom is 0.358 e. The van der Waals surface area contributed by atoms with Crippen molar-refractivity contribution in [2.75, 3.05) is 13.7 Å². The van der Waals surface area contributed by atoms with Crippen LogP contribution in [0.2, 0.25) is 0 Å². The first-order chi connectivity index (χ1) is 8.78. The second-order valence-electron chi connectivity index (χ2n) is 5.22. The number of carbonyl (C=O) groups is 1. The molecule has 0 radical (unpaired) electrons. The van der Waals surface area contributed by atoms with Crippen molar-refractivity contribution in [2.24, 2.45) is 11.3 Å². The minimum atomic E-state index is -3.70. The van der Waals surface area contributed by atoms with Gasteiger partial charge in [-0.3, -0.25) is 0 Å². The molecule has 6 nitrogen and oxygen atoms in total. The van der Waals surface area contributed by atoms with Crippen molar-refractivity contribution in [3.8, 4) is 0 Å². The molecule has 8 heteroatoms. The monoisotopic (exact) mass is 304 g/mol. The van der Waals surface area contributed by atoms with Gasteiger partial charge in [-0.2, -0.15) is 0 Å². The highest BCUT2D eigenvalue weighted by Gasteiger charge is 2.45. The average molecular weight is 304 g/mol. The Balaban J connectivity index is 2.12. The predicted octanol–water partition coefficient (Wildman–Crippen LogP) is 1.25. The third-order valence-electron chi connectivity index (χ3n) is 3.40. The zero-order valence-corrected chi connectivity index (χ0v) is 12.6. The summed E-state index contributed by atoms with van der Waals surface area (Å²) in [4.78, 5) is 15.2. The van der Waals surface area contributed by atoms with Gasteiger partial charge in [0.05, 0.1) is 12.6 Å². The van der Waals surface area contributed by atoms with Gasteiger partial charge < -0.3 is 4.74 Å². The fourth-order valence-electron chi connectivity index (χ4n) is 1.86. The number of aromatic nitrogens is 1. The number of hydrogen-bond donors (Lipinski definition) is 1. The van der Waals surface area contributed by atoms with Crippen LogP contribution in [-0.2, 0) is 14.8 Å². The molecule has 1 aliphatic carbocycles. The lowest BCUT2D eigenvalue weighted by Crippen LogP contribution is -2.27. The molecule has 1 atom stereocenters. The average Bonchev–Trinajstić information content (AvgIpc) is 2.79. The topological polar surface area (TPSA) is 85.4 Å². The van der Waals surface area contributed by atoms with E-state index in [4.69, 9.17) is 0 Å². The number of esters is 1. The molecule has 1 unspecified atom stereocenters. The minimum absolute atomic E-state index is 0.0854. The standard InChI is InChI=1S/C11H16N2O4S2/c1-11(2)4-7(11)5-13-19(15,16)10-8(9(14)17-3)12-6-18-10/h6-7,13H,4-5H2,1-3H3. The van der Waals surface area contributed by atoms with E-state index in [1.807, 2.05) is 0 Å². The van der Waals surface area contributed by atoms with Gasteiger partial charge >= 0.3 is 5.97 Å². The van der Waals surface area contributed by atoms with Gasteiger partial charge in [0.25, 0.3) is 10.0 Å². The van der Waals surface area contributed by atoms with E-state index in [2.05, 4.69) is 28.3 Å². The van der Waals surface area contributed by atoms with Crippen molar-refractivity contribution in [3.63, 3.8) is 0 Å². The van der Waals surface area contributed by atoms with Gasteiger partial charge in [-0.25, -0.2) is 22.9 Å². The third-order valence-corrected chi connectivity index (χ3v) is 6.19. The van der Waals surface area contributed by atoms with Crippen molar-refractivity contribution >= 4 is 27.3 Å². The summed E-state index contributed by atoms with van der Waals surface area (Å²) >= 11 is 0.910. The smallest absolute Gasteiger partial charge is 0.358 e. The normalized spacial score (nSPS) is 21.1. The van der Waals surface area contributed by atoms with Gasteiger partial charge in [0.2, 0.25) is 0 Å². The fourth-order valence-corrected chi connectivity index (χ4v) is 4.12. The molecule has 1 heterocycles. The van der Waals surface area contributed by atoms with Crippen molar-refractivity contribution in [1.29, 1.82) is 0 Å². The zero-order valence-electron chi connectivity index (χ0n) is 11.0. The number of methoxy groups -OCH3 is 1. The summed E-state index contributed by atoms with van der Waals surface area (Å²) < 4.78 is 31.2. The van der Waals surface area contributed by atoms with Crippen molar-refractivity contribution in [1.82, 2.24) is 9.71 Å². The lowest BCUT2D eigenvalue weighted by Gasteiger charge is -2.07. The summed E-state index contributed by atoms with van der Waals surface area (Å²) in [5, 5.41) is 0. The van der Waals surface area contributed by atoms with Crippen LogP contribution in [0.25, 0.3) is 0 Å². The van der Waals surface area contributed by atoms with Gasteiger partial charge in [-0.15, -0.1) is 11.3 Å². The minimum Gasteiger partial charge on any atom is -0.464 e. The predicted molar refractivity (Wildman–Crippen MR) is 70.5 cm³/mol. The summed E-state index contributed by atoms with van der Waals surface area (Å²) in [6.07, 6.45) is 1.00. The summed E-state index contributed by atoms with van der Waals surface area (Å²) in [5.41, 5.74) is 1.36. The van der Waals surface area contributed by atoms with Gasteiger partial charge in [0.15, 0.2) is 9.90 Å². The molecule has 0 spiro atoms. The number of thiazole rings is 1. The molecule has 1 saturated carbocycles. The molecule has 106 valence electrons. The molecule has 1 fully saturated rings. The van der Waals surface area contributed by atoms with Crippen LogP contribution in [-0.4, -0.2) is 33.0 Å². The molecule has 0 bridgehead atoms. The Morgan fingerprint density at radius 1 is 1.63 bits per heavy atom. The van der Waals surface area contributed by atoms with Crippen LogP contribution >= 0.6 is 11.3 Å². The van der Waals surface area contributed by atoms with Crippen molar-refractivity contribution in [3.05, 3.63) is 11.2 Å². The van der Waals surface area contributed by atoms with E-state index in [9.17, 15) is 13.2 Å². The Hall–Kier alpha value is -0.990. The highest BCUT2D eigenvalue weighted by Crippen LogP contribution is 2.51. The van der Waals surface area contributed by atoms with E-state index in [1.165, 1.54) is 12.6 Å².